The topological polar surface area (TPSA) is 46.3 Å². The maximum atomic E-state index is 11.7. The second-order valence-electron chi connectivity index (χ2n) is 4.38. The van der Waals surface area contributed by atoms with Crippen molar-refractivity contribution in [2.24, 2.45) is 5.73 Å². The largest absolute Gasteiger partial charge is 0.338 e. The highest BCUT2D eigenvalue weighted by Crippen LogP contribution is 2.24. The first kappa shape index (κ1) is 15.3. The molecule has 0 aromatic heterocycles. The van der Waals surface area contributed by atoms with Crippen molar-refractivity contribution in [1.29, 1.82) is 0 Å². The average Bonchev–Trinajstić information content (AvgIpc) is 2.79. The van der Waals surface area contributed by atoms with Crippen molar-refractivity contribution >= 4 is 29.9 Å². The van der Waals surface area contributed by atoms with Gasteiger partial charge >= 0.3 is 0 Å². The predicted octanol–water partition coefficient (Wildman–Crippen LogP) is 2.25. The predicted molar refractivity (Wildman–Crippen MR) is 76.2 cm³/mol. The van der Waals surface area contributed by atoms with Crippen LogP contribution in [0.15, 0.2) is 24.3 Å². The summed E-state index contributed by atoms with van der Waals surface area (Å²) in [5.74, 6) is 0.0413. The molecule has 1 fully saturated rings. The second kappa shape index (κ2) is 6.98. The molecule has 1 aliphatic heterocycles. The molecule has 0 spiro atoms. The van der Waals surface area contributed by atoms with Crippen molar-refractivity contribution in [2.75, 3.05) is 13.1 Å². The fraction of sp³-hybridized carbons (Fsp3) is 0.462. The number of nitrogens with two attached hydrogens (primary N) is 1. The number of carbonyl (C=O) groups excluding carboxylic acids is 1. The third kappa shape index (κ3) is 3.37. The van der Waals surface area contributed by atoms with Crippen LogP contribution in [0.3, 0.4) is 0 Å². The van der Waals surface area contributed by atoms with Crippen LogP contribution in [0.2, 0.25) is 5.02 Å². The minimum absolute atomic E-state index is 0. The van der Waals surface area contributed by atoms with Crippen molar-refractivity contribution < 1.29 is 4.79 Å². The summed E-state index contributed by atoms with van der Waals surface area (Å²) < 4.78 is 0. The molecule has 1 aliphatic rings. The van der Waals surface area contributed by atoms with Crippen molar-refractivity contribution in [2.45, 2.75) is 25.3 Å². The average molecular weight is 289 g/mol. The third-order valence-corrected chi connectivity index (χ3v) is 3.65. The zero-order valence-electron chi connectivity index (χ0n) is 10.1. The van der Waals surface area contributed by atoms with E-state index in [0.29, 0.717) is 0 Å². The zero-order chi connectivity index (χ0) is 12.3. The summed E-state index contributed by atoms with van der Waals surface area (Å²) >= 11 is 6.14. The van der Waals surface area contributed by atoms with Gasteiger partial charge in [-0.3, -0.25) is 4.79 Å². The van der Waals surface area contributed by atoms with Gasteiger partial charge in [-0.25, -0.2) is 0 Å². The van der Waals surface area contributed by atoms with E-state index in [4.69, 9.17) is 17.3 Å². The maximum absolute atomic E-state index is 11.7. The number of hydrogen-bond donors (Lipinski definition) is 1. The molecule has 1 aromatic rings. The van der Waals surface area contributed by atoms with Gasteiger partial charge in [0.25, 0.3) is 0 Å². The smallest absolute Gasteiger partial charge is 0.236 e. The normalized spacial score (nSPS) is 18.6. The van der Waals surface area contributed by atoms with Crippen LogP contribution in [0.5, 0.6) is 0 Å². The van der Waals surface area contributed by atoms with Crippen molar-refractivity contribution in [1.82, 2.24) is 4.90 Å². The third-order valence-electron chi connectivity index (χ3n) is 3.29. The van der Waals surface area contributed by atoms with Gasteiger partial charge in [0.15, 0.2) is 0 Å². The van der Waals surface area contributed by atoms with Crippen molar-refractivity contribution in [3.63, 3.8) is 0 Å². The van der Waals surface area contributed by atoms with E-state index < -0.39 is 0 Å². The Kier molecular flexibility index (Phi) is 5.93. The van der Waals surface area contributed by atoms with E-state index in [1.807, 2.05) is 29.2 Å². The molecule has 1 heterocycles. The quantitative estimate of drug-likeness (QED) is 0.927. The molecule has 0 saturated carbocycles. The second-order valence-corrected chi connectivity index (χ2v) is 4.79. The summed E-state index contributed by atoms with van der Waals surface area (Å²) in [5.41, 5.74) is 6.53. The Bertz CT molecular complexity index is 412. The van der Waals surface area contributed by atoms with Gasteiger partial charge in [0.2, 0.25) is 5.91 Å². The number of nitrogens with zero attached hydrogens (tertiary/aromatic N) is 1. The van der Waals surface area contributed by atoms with E-state index in [0.717, 1.165) is 36.4 Å². The molecule has 18 heavy (non-hydrogen) atoms. The van der Waals surface area contributed by atoms with Gasteiger partial charge < -0.3 is 10.6 Å². The Balaban J connectivity index is 0.00000162. The number of hydrogen-bond acceptors (Lipinski definition) is 2. The van der Waals surface area contributed by atoms with Gasteiger partial charge in [0.1, 0.15) is 0 Å². The molecule has 1 aromatic carbocycles. The van der Waals surface area contributed by atoms with Gasteiger partial charge in [-0.2, -0.15) is 0 Å². The van der Waals surface area contributed by atoms with E-state index in [2.05, 4.69) is 0 Å². The standard InChI is InChI=1S/C13H17ClN2O.ClH/c14-12-6-2-1-4-10(12)8-11-5-3-7-16(11)13(17)9-15;/h1-2,4,6,11H,3,5,7-9,15H2;1H. The zero-order valence-corrected chi connectivity index (χ0v) is 11.7. The minimum atomic E-state index is 0. The lowest BCUT2D eigenvalue weighted by Crippen LogP contribution is -2.40. The number of carbonyl (C=O) groups is 1. The molecular formula is C13H18Cl2N2O. The van der Waals surface area contributed by atoms with Crippen LogP contribution < -0.4 is 5.73 Å². The van der Waals surface area contributed by atoms with Crippen LogP contribution in [-0.4, -0.2) is 29.9 Å². The molecule has 0 radical (unpaired) electrons. The molecule has 0 bridgehead atoms. The van der Waals surface area contributed by atoms with Crippen LogP contribution in [0.1, 0.15) is 18.4 Å². The van der Waals surface area contributed by atoms with E-state index >= 15 is 0 Å². The van der Waals surface area contributed by atoms with E-state index in [9.17, 15) is 4.79 Å². The number of likely N-dealkylation sites (tertiary alicyclic amines) is 1. The van der Waals surface area contributed by atoms with Gasteiger partial charge in [0.05, 0.1) is 6.54 Å². The molecule has 1 saturated heterocycles. The first-order valence-electron chi connectivity index (χ1n) is 5.95. The monoisotopic (exact) mass is 288 g/mol. The van der Waals surface area contributed by atoms with Crippen LogP contribution in [0, 0.1) is 0 Å². The van der Waals surface area contributed by atoms with Crippen molar-refractivity contribution in [3.8, 4) is 0 Å². The molecular weight excluding hydrogens is 271 g/mol. The lowest BCUT2D eigenvalue weighted by atomic mass is 10.0. The molecule has 3 nitrogen and oxygen atoms in total. The molecule has 2 rings (SSSR count). The van der Waals surface area contributed by atoms with Gasteiger partial charge in [-0.1, -0.05) is 29.8 Å². The molecule has 1 amide bonds. The molecule has 1 atom stereocenters. The number of amides is 1. The highest BCUT2D eigenvalue weighted by molar-refractivity contribution is 6.31. The van der Waals surface area contributed by atoms with E-state index in [1.165, 1.54) is 0 Å². The van der Waals surface area contributed by atoms with Crippen LogP contribution in [0.4, 0.5) is 0 Å². The summed E-state index contributed by atoms with van der Waals surface area (Å²) in [7, 11) is 0. The first-order valence-corrected chi connectivity index (χ1v) is 6.33. The molecule has 5 heteroatoms. The Labute approximate surface area is 119 Å². The summed E-state index contributed by atoms with van der Waals surface area (Å²) in [5, 5.41) is 0.777. The van der Waals surface area contributed by atoms with Gasteiger partial charge in [-0.15, -0.1) is 12.4 Å². The SMILES string of the molecule is Cl.NCC(=O)N1CCCC1Cc1ccccc1Cl. The highest BCUT2D eigenvalue weighted by Gasteiger charge is 2.28. The number of rotatable bonds is 3. The summed E-state index contributed by atoms with van der Waals surface area (Å²) in [6.45, 7) is 0.921. The molecule has 2 N–H and O–H groups in total. The van der Waals surface area contributed by atoms with Crippen molar-refractivity contribution in [3.05, 3.63) is 34.9 Å². The molecule has 1 unspecified atom stereocenters. The molecule has 100 valence electrons. The number of halogens is 2. The number of benzene rings is 1. The fourth-order valence-corrected chi connectivity index (χ4v) is 2.62. The van der Waals surface area contributed by atoms with Gasteiger partial charge in [-0.05, 0) is 30.9 Å². The van der Waals surface area contributed by atoms with Crippen LogP contribution in [0.25, 0.3) is 0 Å². The lowest BCUT2D eigenvalue weighted by Gasteiger charge is -2.24. The van der Waals surface area contributed by atoms with Crippen LogP contribution in [-0.2, 0) is 11.2 Å². The lowest BCUT2D eigenvalue weighted by molar-refractivity contribution is -0.130. The maximum Gasteiger partial charge on any atom is 0.236 e. The molecule has 0 aliphatic carbocycles. The summed E-state index contributed by atoms with van der Waals surface area (Å²) in [6, 6.07) is 8.06. The van der Waals surface area contributed by atoms with E-state index in [1.54, 1.807) is 0 Å². The first-order chi connectivity index (χ1) is 8.22. The van der Waals surface area contributed by atoms with Crippen LogP contribution >= 0.6 is 24.0 Å². The Morgan fingerprint density at radius 3 is 2.83 bits per heavy atom. The highest BCUT2D eigenvalue weighted by atomic mass is 35.5. The fourth-order valence-electron chi connectivity index (χ4n) is 2.41. The van der Waals surface area contributed by atoms with Gasteiger partial charge in [0, 0.05) is 17.6 Å². The van der Waals surface area contributed by atoms with E-state index in [-0.39, 0.29) is 30.9 Å². The Hall–Kier alpha value is -0.770. The minimum Gasteiger partial charge on any atom is -0.338 e. The summed E-state index contributed by atoms with van der Waals surface area (Å²) in [4.78, 5) is 13.6. The summed E-state index contributed by atoms with van der Waals surface area (Å²) in [6.07, 6.45) is 2.92. The Morgan fingerprint density at radius 1 is 1.44 bits per heavy atom. The Morgan fingerprint density at radius 2 is 2.17 bits per heavy atom.